The van der Waals surface area contributed by atoms with Crippen molar-refractivity contribution in [3.8, 4) is 0 Å². The molecular formula is C16H11FN2O2S2. The van der Waals surface area contributed by atoms with E-state index in [1.165, 1.54) is 35.6 Å². The van der Waals surface area contributed by atoms with Crippen molar-refractivity contribution in [2.24, 2.45) is 0 Å². The van der Waals surface area contributed by atoms with Crippen LogP contribution in [0.15, 0.2) is 41.3 Å². The van der Waals surface area contributed by atoms with Crippen molar-refractivity contribution in [3.63, 3.8) is 0 Å². The molecular weight excluding hydrogens is 335 g/mol. The molecule has 2 heterocycles. The highest BCUT2D eigenvalue weighted by Gasteiger charge is 2.34. The molecule has 0 aliphatic carbocycles. The smallest absolute Gasteiger partial charge is 0.270 e. The fourth-order valence-corrected chi connectivity index (χ4v) is 3.31. The Labute approximate surface area is 141 Å². The van der Waals surface area contributed by atoms with E-state index in [1.54, 1.807) is 6.07 Å². The fourth-order valence-electron chi connectivity index (χ4n) is 2.17. The molecule has 0 saturated carbocycles. The van der Waals surface area contributed by atoms with Gasteiger partial charge in [0.05, 0.1) is 5.69 Å². The third-order valence-electron chi connectivity index (χ3n) is 3.35. The van der Waals surface area contributed by atoms with Crippen molar-refractivity contribution in [3.05, 3.63) is 57.5 Å². The van der Waals surface area contributed by atoms with Gasteiger partial charge in [-0.05, 0) is 60.4 Å². The number of thiophene rings is 1. The fraction of sp³-hybridized carbons (Fsp3) is 0.0625. The summed E-state index contributed by atoms with van der Waals surface area (Å²) in [6, 6.07) is 7.39. The number of nitrogens with zero attached hydrogens (tertiary/aromatic N) is 1. The maximum atomic E-state index is 13.4. The van der Waals surface area contributed by atoms with Crippen molar-refractivity contribution < 1.29 is 14.0 Å². The van der Waals surface area contributed by atoms with E-state index in [-0.39, 0.29) is 16.4 Å². The number of rotatable bonds is 2. The quantitative estimate of drug-likeness (QED) is 0.517. The Hall–Kier alpha value is -2.38. The van der Waals surface area contributed by atoms with Crippen LogP contribution in [0.1, 0.15) is 10.4 Å². The van der Waals surface area contributed by atoms with E-state index in [2.05, 4.69) is 5.32 Å². The summed E-state index contributed by atoms with van der Waals surface area (Å²) in [5.41, 5.74) is 1.20. The molecule has 0 unspecified atom stereocenters. The van der Waals surface area contributed by atoms with Crippen LogP contribution in [-0.4, -0.2) is 16.9 Å². The summed E-state index contributed by atoms with van der Waals surface area (Å²) < 4.78 is 13.4. The number of thiocarbonyl (C=S) groups is 1. The molecule has 0 bridgehead atoms. The van der Waals surface area contributed by atoms with Gasteiger partial charge in [-0.15, -0.1) is 11.3 Å². The molecule has 23 heavy (non-hydrogen) atoms. The number of hydrogen-bond acceptors (Lipinski definition) is 4. The summed E-state index contributed by atoms with van der Waals surface area (Å²) in [7, 11) is 0. The number of benzene rings is 1. The predicted octanol–water partition coefficient (Wildman–Crippen LogP) is 3.03. The molecule has 1 saturated heterocycles. The first kappa shape index (κ1) is 15.5. The molecule has 1 aliphatic heterocycles. The number of anilines is 1. The normalized spacial score (nSPS) is 16.9. The van der Waals surface area contributed by atoms with Crippen molar-refractivity contribution >= 4 is 52.2 Å². The van der Waals surface area contributed by atoms with Crippen molar-refractivity contribution in [1.29, 1.82) is 0 Å². The topological polar surface area (TPSA) is 49.4 Å². The molecule has 1 N–H and O–H groups in total. The second-order valence-electron chi connectivity index (χ2n) is 4.91. The van der Waals surface area contributed by atoms with E-state index in [0.29, 0.717) is 0 Å². The minimum absolute atomic E-state index is 0.0339. The Kier molecular flexibility index (Phi) is 4.06. The molecule has 7 heteroatoms. The minimum atomic E-state index is -0.572. The molecule has 4 nitrogen and oxygen atoms in total. The zero-order valence-corrected chi connectivity index (χ0v) is 13.6. The monoisotopic (exact) mass is 346 g/mol. The SMILES string of the molecule is Cc1ccsc1/C=C1/C(=O)NC(=S)N(c2cccc(F)c2)C1=O. The van der Waals surface area contributed by atoms with E-state index in [9.17, 15) is 14.0 Å². The summed E-state index contributed by atoms with van der Waals surface area (Å²) in [5, 5.41) is 4.28. The van der Waals surface area contributed by atoms with Crippen molar-refractivity contribution in [2.45, 2.75) is 6.92 Å². The number of nitrogens with one attached hydrogen (secondary N) is 1. The van der Waals surface area contributed by atoms with Gasteiger partial charge in [0.2, 0.25) is 0 Å². The standard InChI is InChI=1S/C16H11FN2O2S2/c1-9-5-6-23-13(9)8-12-14(20)18-16(22)19(15(12)21)11-4-2-3-10(17)7-11/h2-8H,1H3,(H,18,20,22)/b12-8-. The minimum Gasteiger partial charge on any atom is -0.298 e. The Morgan fingerprint density at radius 1 is 1.30 bits per heavy atom. The zero-order chi connectivity index (χ0) is 16.6. The highest BCUT2D eigenvalue weighted by Crippen LogP contribution is 2.25. The Morgan fingerprint density at radius 2 is 2.09 bits per heavy atom. The van der Waals surface area contributed by atoms with Crippen molar-refractivity contribution in [2.75, 3.05) is 4.90 Å². The second kappa shape index (κ2) is 6.02. The highest BCUT2D eigenvalue weighted by molar-refractivity contribution is 7.80. The number of aryl methyl sites for hydroxylation is 1. The van der Waals surface area contributed by atoms with Gasteiger partial charge >= 0.3 is 0 Å². The van der Waals surface area contributed by atoms with Gasteiger partial charge in [-0.3, -0.25) is 19.8 Å². The summed E-state index contributed by atoms with van der Waals surface area (Å²) in [5.74, 6) is -1.62. The average Bonchev–Trinajstić information content (AvgIpc) is 2.88. The lowest BCUT2D eigenvalue weighted by atomic mass is 10.1. The first-order valence-electron chi connectivity index (χ1n) is 6.68. The van der Waals surface area contributed by atoms with Crippen LogP contribution in [0.5, 0.6) is 0 Å². The lowest BCUT2D eigenvalue weighted by Crippen LogP contribution is -2.54. The molecule has 2 aromatic rings. The molecule has 1 aromatic heterocycles. The maximum absolute atomic E-state index is 13.4. The molecule has 0 atom stereocenters. The van der Waals surface area contributed by atoms with E-state index in [4.69, 9.17) is 12.2 Å². The number of halogens is 1. The number of hydrogen-bond donors (Lipinski definition) is 1. The molecule has 0 spiro atoms. The first-order chi connectivity index (χ1) is 11.0. The number of amides is 2. The van der Waals surface area contributed by atoms with E-state index < -0.39 is 17.6 Å². The van der Waals surface area contributed by atoms with Crippen LogP contribution < -0.4 is 10.2 Å². The van der Waals surface area contributed by atoms with Crippen LogP contribution in [0, 0.1) is 12.7 Å². The van der Waals surface area contributed by atoms with Crippen molar-refractivity contribution in [1.82, 2.24) is 5.32 Å². The predicted molar refractivity (Wildman–Crippen MR) is 91.7 cm³/mol. The number of carbonyl (C=O) groups excluding carboxylic acids is 2. The Bertz CT molecular complexity index is 857. The van der Waals surface area contributed by atoms with Crippen LogP contribution in [0.2, 0.25) is 0 Å². The van der Waals surface area contributed by atoms with Gasteiger partial charge in [0.25, 0.3) is 11.8 Å². The van der Waals surface area contributed by atoms with E-state index >= 15 is 0 Å². The van der Waals surface area contributed by atoms with Crippen LogP contribution in [0.4, 0.5) is 10.1 Å². The summed E-state index contributed by atoms with van der Waals surface area (Å²) in [6.07, 6.45) is 1.53. The van der Waals surface area contributed by atoms with E-state index in [0.717, 1.165) is 15.3 Å². The van der Waals surface area contributed by atoms with Gasteiger partial charge in [-0.2, -0.15) is 0 Å². The summed E-state index contributed by atoms with van der Waals surface area (Å²) in [4.78, 5) is 26.7. The molecule has 1 aromatic carbocycles. The highest BCUT2D eigenvalue weighted by atomic mass is 32.1. The van der Waals surface area contributed by atoms with Crippen LogP contribution in [-0.2, 0) is 9.59 Å². The van der Waals surface area contributed by atoms with Gasteiger partial charge in [0.1, 0.15) is 11.4 Å². The lowest BCUT2D eigenvalue weighted by Gasteiger charge is -2.28. The van der Waals surface area contributed by atoms with Gasteiger partial charge < -0.3 is 0 Å². The summed E-state index contributed by atoms with van der Waals surface area (Å²) >= 11 is 6.49. The van der Waals surface area contributed by atoms with Crippen LogP contribution in [0.25, 0.3) is 6.08 Å². The Balaban J connectivity index is 2.04. The average molecular weight is 346 g/mol. The summed E-state index contributed by atoms with van der Waals surface area (Å²) in [6.45, 7) is 1.89. The van der Waals surface area contributed by atoms with Gasteiger partial charge in [0, 0.05) is 4.88 Å². The molecule has 116 valence electrons. The molecule has 1 fully saturated rings. The zero-order valence-electron chi connectivity index (χ0n) is 12.0. The second-order valence-corrected chi connectivity index (χ2v) is 6.24. The lowest BCUT2D eigenvalue weighted by molar-refractivity contribution is -0.122. The molecule has 2 amide bonds. The van der Waals surface area contributed by atoms with Gasteiger partial charge in [-0.25, -0.2) is 4.39 Å². The third-order valence-corrected chi connectivity index (χ3v) is 4.60. The largest absolute Gasteiger partial charge is 0.298 e. The van der Waals surface area contributed by atoms with E-state index in [1.807, 2.05) is 18.4 Å². The van der Waals surface area contributed by atoms with Gasteiger partial charge in [-0.1, -0.05) is 6.07 Å². The third kappa shape index (κ3) is 2.93. The molecule has 0 radical (unpaired) electrons. The van der Waals surface area contributed by atoms with Gasteiger partial charge in [0.15, 0.2) is 5.11 Å². The number of carbonyl (C=O) groups is 2. The maximum Gasteiger partial charge on any atom is 0.270 e. The van der Waals surface area contributed by atoms with Crippen LogP contribution >= 0.6 is 23.6 Å². The molecule has 3 rings (SSSR count). The Morgan fingerprint density at radius 3 is 2.74 bits per heavy atom. The first-order valence-corrected chi connectivity index (χ1v) is 7.97. The van der Waals surface area contributed by atoms with Crippen LogP contribution in [0.3, 0.4) is 0 Å². The molecule has 1 aliphatic rings.